The average Bonchev–Trinajstić information content (AvgIpc) is 2.47. The molecule has 0 radical (unpaired) electrons. The highest BCUT2D eigenvalue weighted by atomic mass is 16.5. The summed E-state index contributed by atoms with van der Waals surface area (Å²) < 4.78 is 5.24. The van der Waals surface area contributed by atoms with Gasteiger partial charge in [0.05, 0.1) is 0 Å². The lowest BCUT2D eigenvalue weighted by Crippen LogP contribution is -2.34. The van der Waals surface area contributed by atoms with Crippen LogP contribution in [0.5, 0.6) is 5.75 Å². The second-order valence-corrected chi connectivity index (χ2v) is 4.10. The van der Waals surface area contributed by atoms with E-state index in [4.69, 9.17) is 10.5 Å². The molecular formula is C15H14N2O3. The van der Waals surface area contributed by atoms with Gasteiger partial charge in [-0.3, -0.25) is 14.9 Å². The number of anilines is 1. The van der Waals surface area contributed by atoms with Crippen LogP contribution < -0.4 is 15.8 Å². The topological polar surface area (TPSA) is 81.4 Å². The van der Waals surface area contributed by atoms with E-state index in [1.807, 2.05) is 0 Å². The van der Waals surface area contributed by atoms with Crippen LogP contribution in [-0.4, -0.2) is 18.4 Å². The Balaban J connectivity index is 1.84. The molecule has 3 N–H and O–H groups in total. The Morgan fingerprint density at radius 2 is 1.65 bits per heavy atom. The van der Waals surface area contributed by atoms with Crippen molar-refractivity contribution in [2.24, 2.45) is 0 Å². The molecule has 20 heavy (non-hydrogen) atoms. The molecule has 102 valence electrons. The van der Waals surface area contributed by atoms with Crippen molar-refractivity contribution in [3.05, 3.63) is 60.2 Å². The molecule has 0 bridgehead atoms. The molecule has 0 aliphatic carbocycles. The van der Waals surface area contributed by atoms with E-state index in [2.05, 4.69) is 5.32 Å². The maximum Gasteiger partial charge on any atom is 0.264 e. The van der Waals surface area contributed by atoms with Gasteiger partial charge in [-0.05, 0) is 36.4 Å². The molecule has 0 atom stereocenters. The molecule has 2 amide bonds. The van der Waals surface area contributed by atoms with E-state index in [9.17, 15) is 9.59 Å². The number of rotatable bonds is 4. The lowest BCUT2D eigenvalue weighted by atomic mass is 10.2. The zero-order chi connectivity index (χ0) is 14.4. The van der Waals surface area contributed by atoms with Gasteiger partial charge in [0, 0.05) is 11.3 Å². The molecule has 0 aliphatic rings. The number of nitrogens with two attached hydrogens (primary N) is 1. The van der Waals surface area contributed by atoms with Crippen LogP contribution in [0, 0.1) is 0 Å². The quantitative estimate of drug-likeness (QED) is 0.827. The molecule has 0 heterocycles. The number of imide groups is 1. The van der Waals surface area contributed by atoms with Crippen LogP contribution >= 0.6 is 0 Å². The number of hydrogen-bond acceptors (Lipinski definition) is 4. The van der Waals surface area contributed by atoms with E-state index in [1.54, 1.807) is 54.6 Å². The Morgan fingerprint density at radius 1 is 1.00 bits per heavy atom. The van der Waals surface area contributed by atoms with Crippen LogP contribution in [0.4, 0.5) is 5.69 Å². The lowest BCUT2D eigenvalue weighted by Gasteiger charge is -2.07. The Kier molecular flexibility index (Phi) is 4.34. The average molecular weight is 270 g/mol. The fourth-order valence-electron chi connectivity index (χ4n) is 1.54. The van der Waals surface area contributed by atoms with Gasteiger partial charge < -0.3 is 10.5 Å². The van der Waals surface area contributed by atoms with Crippen LogP contribution in [-0.2, 0) is 4.79 Å². The first-order valence-electron chi connectivity index (χ1n) is 6.03. The highest BCUT2D eigenvalue weighted by Crippen LogP contribution is 2.12. The molecule has 2 aromatic carbocycles. The minimum Gasteiger partial charge on any atom is -0.484 e. The first-order chi connectivity index (χ1) is 9.65. The standard InChI is InChI=1S/C15H14N2O3/c16-12-6-8-13(9-7-12)20-10-14(18)17-15(19)11-4-2-1-3-5-11/h1-9H,10,16H2,(H,17,18,19). The lowest BCUT2D eigenvalue weighted by molar-refractivity contribution is -0.122. The highest BCUT2D eigenvalue weighted by molar-refractivity contribution is 6.05. The van der Waals surface area contributed by atoms with E-state index in [0.29, 0.717) is 17.0 Å². The predicted molar refractivity (Wildman–Crippen MR) is 75.3 cm³/mol. The van der Waals surface area contributed by atoms with Crippen molar-refractivity contribution in [2.45, 2.75) is 0 Å². The number of carbonyl (C=O) groups excluding carboxylic acids is 2. The van der Waals surface area contributed by atoms with Crippen LogP contribution in [0.1, 0.15) is 10.4 Å². The van der Waals surface area contributed by atoms with Crippen molar-refractivity contribution < 1.29 is 14.3 Å². The van der Waals surface area contributed by atoms with Crippen molar-refractivity contribution in [3.8, 4) is 5.75 Å². The van der Waals surface area contributed by atoms with Gasteiger partial charge in [0.1, 0.15) is 5.75 Å². The van der Waals surface area contributed by atoms with Crippen molar-refractivity contribution in [1.82, 2.24) is 5.32 Å². The molecule has 0 saturated heterocycles. The van der Waals surface area contributed by atoms with Gasteiger partial charge in [0.2, 0.25) is 0 Å². The minimum atomic E-state index is -0.504. The summed E-state index contributed by atoms with van der Waals surface area (Å²) in [6, 6.07) is 15.2. The van der Waals surface area contributed by atoms with Gasteiger partial charge in [-0.25, -0.2) is 0 Å². The fourth-order valence-corrected chi connectivity index (χ4v) is 1.54. The molecule has 5 heteroatoms. The van der Waals surface area contributed by atoms with E-state index in [0.717, 1.165) is 0 Å². The molecule has 0 fully saturated rings. The molecule has 0 aliphatic heterocycles. The first-order valence-corrected chi connectivity index (χ1v) is 6.03. The Bertz CT molecular complexity index is 594. The summed E-state index contributed by atoms with van der Waals surface area (Å²) in [4.78, 5) is 23.3. The second-order valence-electron chi connectivity index (χ2n) is 4.10. The van der Waals surface area contributed by atoms with Crippen molar-refractivity contribution in [1.29, 1.82) is 0 Å². The second kappa shape index (κ2) is 6.38. The Labute approximate surface area is 116 Å². The molecule has 2 aromatic rings. The van der Waals surface area contributed by atoms with Gasteiger partial charge in [0.25, 0.3) is 11.8 Å². The fraction of sp³-hybridized carbons (Fsp3) is 0.0667. The SMILES string of the molecule is Nc1ccc(OCC(=O)NC(=O)c2ccccc2)cc1. The summed E-state index contributed by atoms with van der Waals surface area (Å²) in [7, 11) is 0. The summed E-state index contributed by atoms with van der Waals surface area (Å²) in [6.07, 6.45) is 0. The Hall–Kier alpha value is -2.82. The zero-order valence-electron chi connectivity index (χ0n) is 10.7. The largest absolute Gasteiger partial charge is 0.484 e. The highest BCUT2D eigenvalue weighted by Gasteiger charge is 2.10. The third-order valence-corrected chi connectivity index (χ3v) is 2.54. The van der Waals surface area contributed by atoms with Gasteiger partial charge in [-0.1, -0.05) is 18.2 Å². The van der Waals surface area contributed by atoms with Gasteiger partial charge in [0.15, 0.2) is 6.61 Å². The summed E-state index contributed by atoms with van der Waals surface area (Å²) in [6.45, 7) is -0.234. The molecule has 2 rings (SSSR count). The smallest absolute Gasteiger partial charge is 0.264 e. The van der Waals surface area contributed by atoms with Gasteiger partial charge >= 0.3 is 0 Å². The van der Waals surface area contributed by atoms with E-state index < -0.39 is 11.8 Å². The van der Waals surface area contributed by atoms with E-state index in [-0.39, 0.29) is 6.61 Å². The number of benzene rings is 2. The number of carbonyl (C=O) groups is 2. The van der Waals surface area contributed by atoms with Crippen molar-refractivity contribution in [3.63, 3.8) is 0 Å². The van der Waals surface area contributed by atoms with Gasteiger partial charge in [-0.15, -0.1) is 0 Å². The summed E-state index contributed by atoms with van der Waals surface area (Å²) in [5, 5.41) is 2.25. The molecule has 0 saturated carbocycles. The number of nitrogens with one attached hydrogen (secondary N) is 1. The molecule has 0 spiro atoms. The Morgan fingerprint density at radius 3 is 2.30 bits per heavy atom. The number of amides is 2. The summed E-state index contributed by atoms with van der Waals surface area (Å²) in [5.41, 5.74) is 6.57. The predicted octanol–water partition coefficient (Wildman–Crippen LogP) is 1.60. The third kappa shape index (κ3) is 3.84. The van der Waals surface area contributed by atoms with Crippen molar-refractivity contribution in [2.75, 3.05) is 12.3 Å². The van der Waals surface area contributed by atoms with E-state index in [1.165, 1.54) is 0 Å². The van der Waals surface area contributed by atoms with Crippen LogP contribution in [0.2, 0.25) is 0 Å². The van der Waals surface area contributed by atoms with Crippen LogP contribution in [0.3, 0.4) is 0 Å². The minimum absolute atomic E-state index is 0.234. The summed E-state index contributed by atoms with van der Waals surface area (Å²) >= 11 is 0. The van der Waals surface area contributed by atoms with Crippen molar-refractivity contribution >= 4 is 17.5 Å². The molecule has 0 aromatic heterocycles. The number of hydrogen-bond donors (Lipinski definition) is 2. The molecule has 5 nitrogen and oxygen atoms in total. The molecule has 0 unspecified atom stereocenters. The maximum atomic E-state index is 11.7. The van der Waals surface area contributed by atoms with E-state index >= 15 is 0 Å². The third-order valence-electron chi connectivity index (χ3n) is 2.54. The first kappa shape index (κ1) is 13.6. The van der Waals surface area contributed by atoms with Gasteiger partial charge in [-0.2, -0.15) is 0 Å². The normalized spacial score (nSPS) is 9.80. The zero-order valence-corrected chi connectivity index (χ0v) is 10.7. The number of nitrogen functional groups attached to an aromatic ring is 1. The monoisotopic (exact) mass is 270 g/mol. The van der Waals surface area contributed by atoms with Crippen LogP contribution in [0.25, 0.3) is 0 Å². The van der Waals surface area contributed by atoms with Crippen LogP contribution in [0.15, 0.2) is 54.6 Å². The summed E-state index contributed by atoms with van der Waals surface area (Å²) in [5.74, 6) is -0.436. The number of ether oxygens (including phenoxy) is 1. The molecular weight excluding hydrogens is 256 g/mol. The maximum absolute atomic E-state index is 11.7.